The largest absolute Gasteiger partial charge is 0.396 e. The lowest BCUT2D eigenvalue weighted by molar-refractivity contribution is -0.132. The molecule has 1 saturated heterocycles. The van der Waals surface area contributed by atoms with E-state index < -0.39 is 0 Å². The number of aliphatic hydroxyl groups excluding tert-OH is 1. The van der Waals surface area contributed by atoms with Crippen LogP contribution in [-0.4, -0.2) is 35.6 Å². The van der Waals surface area contributed by atoms with Crippen LogP contribution >= 0.6 is 11.6 Å². The van der Waals surface area contributed by atoms with Crippen molar-refractivity contribution in [1.82, 2.24) is 4.90 Å². The predicted molar refractivity (Wildman–Crippen MR) is 105 cm³/mol. The lowest BCUT2D eigenvalue weighted by Gasteiger charge is -2.33. The van der Waals surface area contributed by atoms with E-state index in [4.69, 9.17) is 16.7 Å². The number of piperidine rings is 1. The minimum absolute atomic E-state index is 0.0381. The van der Waals surface area contributed by atoms with Crippen LogP contribution in [0.2, 0.25) is 5.02 Å². The molecule has 2 aromatic carbocycles. The molecule has 0 aliphatic carbocycles. The minimum atomic E-state index is 0.0381. The van der Waals surface area contributed by atoms with Crippen LogP contribution in [0, 0.1) is 5.92 Å². The Kier molecular flexibility index (Phi) is 6.70. The average Bonchev–Trinajstić information content (AvgIpc) is 2.68. The molecule has 1 atom stereocenters. The molecule has 0 unspecified atom stereocenters. The topological polar surface area (TPSA) is 40.5 Å². The molecule has 26 heavy (non-hydrogen) atoms. The molecule has 1 aliphatic rings. The fourth-order valence-corrected chi connectivity index (χ4v) is 3.89. The first kappa shape index (κ1) is 18.9. The van der Waals surface area contributed by atoms with Gasteiger partial charge in [0.05, 0.1) is 0 Å². The molecule has 0 aromatic heterocycles. The third kappa shape index (κ3) is 4.87. The molecule has 1 amide bonds. The number of benzene rings is 2. The highest BCUT2D eigenvalue weighted by atomic mass is 35.5. The van der Waals surface area contributed by atoms with Crippen molar-refractivity contribution in [2.75, 3.05) is 19.7 Å². The number of nitrogens with zero attached hydrogens (tertiary/aromatic N) is 1. The Morgan fingerprint density at radius 2 is 1.65 bits per heavy atom. The van der Waals surface area contributed by atoms with Gasteiger partial charge in [-0.3, -0.25) is 4.79 Å². The maximum atomic E-state index is 12.9. The zero-order valence-corrected chi connectivity index (χ0v) is 15.7. The highest BCUT2D eigenvalue weighted by Crippen LogP contribution is 2.30. The van der Waals surface area contributed by atoms with Gasteiger partial charge in [0.15, 0.2) is 0 Å². The third-order valence-corrected chi connectivity index (χ3v) is 5.61. The van der Waals surface area contributed by atoms with Crippen LogP contribution in [0.3, 0.4) is 0 Å². The summed E-state index contributed by atoms with van der Waals surface area (Å²) in [5, 5.41) is 9.80. The van der Waals surface area contributed by atoms with E-state index >= 15 is 0 Å². The molecule has 0 bridgehead atoms. The normalized spacial score (nSPS) is 16.5. The van der Waals surface area contributed by atoms with Gasteiger partial charge in [-0.1, -0.05) is 54.1 Å². The van der Waals surface area contributed by atoms with Gasteiger partial charge in [-0.25, -0.2) is 0 Å². The Balaban J connectivity index is 1.72. The molecule has 2 aromatic rings. The second-order valence-corrected chi connectivity index (χ2v) is 7.49. The molecule has 1 fully saturated rings. The van der Waals surface area contributed by atoms with E-state index in [1.54, 1.807) is 0 Å². The SMILES string of the molecule is O=C(C[C@H](c1ccccc1)c1ccc(Cl)cc1)N1CCC(CCO)CC1. The van der Waals surface area contributed by atoms with Gasteiger partial charge < -0.3 is 10.0 Å². The Morgan fingerprint density at radius 1 is 1.04 bits per heavy atom. The summed E-state index contributed by atoms with van der Waals surface area (Å²) in [7, 11) is 0. The van der Waals surface area contributed by atoms with Gasteiger partial charge in [0, 0.05) is 37.1 Å². The van der Waals surface area contributed by atoms with Gasteiger partial charge in [0.25, 0.3) is 0 Å². The van der Waals surface area contributed by atoms with Crippen molar-refractivity contribution in [3.63, 3.8) is 0 Å². The number of carbonyl (C=O) groups is 1. The number of hydrogen-bond acceptors (Lipinski definition) is 2. The van der Waals surface area contributed by atoms with E-state index in [0.717, 1.165) is 43.5 Å². The van der Waals surface area contributed by atoms with E-state index in [1.165, 1.54) is 0 Å². The van der Waals surface area contributed by atoms with E-state index in [1.807, 2.05) is 47.4 Å². The van der Waals surface area contributed by atoms with Crippen molar-refractivity contribution in [1.29, 1.82) is 0 Å². The first-order valence-electron chi connectivity index (χ1n) is 9.36. The summed E-state index contributed by atoms with van der Waals surface area (Å²) in [5.41, 5.74) is 2.27. The minimum Gasteiger partial charge on any atom is -0.396 e. The van der Waals surface area contributed by atoms with Crippen LogP contribution in [0.4, 0.5) is 0 Å². The Bertz CT molecular complexity index is 694. The molecule has 0 spiro atoms. The fraction of sp³-hybridized carbons (Fsp3) is 0.409. The average molecular weight is 372 g/mol. The molecule has 0 saturated carbocycles. The van der Waals surface area contributed by atoms with Crippen LogP contribution in [0.5, 0.6) is 0 Å². The predicted octanol–water partition coefficient (Wildman–Crippen LogP) is 4.48. The van der Waals surface area contributed by atoms with Crippen LogP contribution in [0.1, 0.15) is 42.7 Å². The molecule has 3 nitrogen and oxygen atoms in total. The molecule has 1 N–H and O–H groups in total. The van der Waals surface area contributed by atoms with Crippen molar-refractivity contribution < 1.29 is 9.90 Å². The van der Waals surface area contributed by atoms with Crippen LogP contribution < -0.4 is 0 Å². The summed E-state index contributed by atoms with van der Waals surface area (Å²) in [6, 6.07) is 18.0. The van der Waals surface area contributed by atoms with E-state index in [2.05, 4.69) is 12.1 Å². The smallest absolute Gasteiger partial charge is 0.223 e. The van der Waals surface area contributed by atoms with Crippen LogP contribution in [0.25, 0.3) is 0 Å². The number of rotatable bonds is 6. The van der Waals surface area contributed by atoms with Gasteiger partial charge in [-0.2, -0.15) is 0 Å². The molecular weight excluding hydrogens is 346 g/mol. The molecule has 138 valence electrons. The molecule has 4 heteroatoms. The molecule has 0 radical (unpaired) electrons. The van der Waals surface area contributed by atoms with Gasteiger partial charge in [0.1, 0.15) is 0 Å². The monoisotopic (exact) mass is 371 g/mol. The van der Waals surface area contributed by atoms with Crippen molar-refractivity contribution >= 4 is 17.5 Å². The molecule has 1 aliphatic heterocycles. The zero-order valence-electron chi connectivity index (χ0n) is 15.0. The standard InChI is InChI=1S/C22H26ClNO2/c23-20-8-6-19(7-9-20)21(18-4-2-1-3-5-18)16-22(26)24-13-10-17(11-14-24)12-15-25/h1-9,17,21,25H,10-16H2/t21-/m1/s1. The Morgan fingerprint density at radius 3 is 2.27 bits per heavy atom. The summed E-state index contributed by atoms with van der Waals surface area (Å²) >= 11 is 6.04. The summed E-state index contributed by atoms with van der Waals surface area (Å²) in [6.07, 6.45) is 3.29. The van der Waals surface area contributed by atoms with E-state index in [-0.39, 0.29) is 18.4 Å². The first-order chi connectivity index (χ1) is 12.7. The number of halogens is 1. The maximum absolute atomic E-state index is 12.9. The van der Waals surface area contributed by atoms with Crippen molar-refractivity contribution in [3.8, 4) is 0 Å². The first-order valence-corrected chi connectivity index (χ1v) is 9.74. The maximum Gasteiger partial charge on any atom is 0.223 e. The second kappa shape index (κ2) is 9.20. The summed E-state index contributed by atoms with van der Waals surface area (Å²) in [6.45, 7) is 1.84. The summed E-state index contributed by atoms with van der Waals surface area (Å²) in [4.78, 5) is 14.9. The molecule has 3 rings (SSSR count). The second-order valence-electron chi connectivity index (χ2n) is 7.06. The van der Waals surface area contributed by atoms with Crippen molar-refractivity contribution in [2.45, 2.75) is 31.6 Å². The number of aliphatic hydroxyl groups is 1. The highest BCUT2D eigenvalue weighted by molar-refractivity contribution is 6.30. The number of amides is 1. The van der Waals surface area contributed by atoms with Gasteiger partial charge >= 0.3 is 0 Å². The number of hydrogen-bond donors (Lipinski definition) is 1. The van der Waals surface area contributed by atoms with Crippen LogP contribution in [0.15, 0.2) is 54.6 Å². The summed E-state index contributed by atoms with van der Waals surface area (Å²) < 4.78 is 0. The fourth-order valence-electron chi connectivity index (χ4n) is 3.77. The lowest BCUT2D eigenvalue weighted by atomic mass is 9.87. The lowest BCUT2D eigenvalue weighted by Crippen LogP contribution is -2.39. The van der Waals surface area contributed by atoms with Crippen molar-refractivity contribution in [2.24, 2.45) is 5.92 Å². The van der Waals surface area contributed by atoms with Gasteiger partial charge in [-0.05, 0) is 48.4 Å². The molecule has 1 heterocycles. The van der Waals surface area contributed by atoms with E-state index in [9.17, 15) is 4.79 Å². The van der Waals surface area contributed by atoms with Crippen LogP contribution in [-0.2, 0) is 4.79 Å². The van der Waals surface area contributed by atoms with Gasteiger partial charge in [-0.15, -0.1) is 0 Å². The van der Waals surface area contributed by atoms with Gasteiger partial charge in [0.2, 0.25) is 5.91 Å². The quantitative estimate of drug-likeness (QED) is 0.813. The highest BCUT2D eigenvalue weighted by Gasteiger charge is 2.25. The zero-order chi connectivity index (χ0) is 18.4. The number of likely N-dealkylation sites (tertiary alicyclic amines) is 1. The van der Waals surface area contributed by atoms with E-state index in [0.29, 0.717) is 17.4 Å². The number of carbonyl (C=O) groups excluding carboxylic acids is 1. The molecular formula is C22H26ClNO2. The Labute approximate surface area is 160 Å². The third-order valence-electron chi connectivity index (χ3n) is 5.36. The Hall–Kier alpha value is -1.84. The van der Waals surface area contributed by atoms with Crippen molar-refractivity contribution in [3.05, 3.63) is 70.7 Å². The summed E-state index contributed by atoms with van der Waals surface area (Å²) in [5.74, 6) is 0.789.